The van der Waals surface area contributed by atoms with Crippen molar-refractivity contribution >= 4 is 52.3 Å². The summed E-state index contributed by atoms with van der Waals surface area (Å²) in [7, 11) is 0. The number of Topliss-reactive ketones (excluding diaryl/α,β-unsaturated/α-hetero) is 2. The standard InChI is InChI=1S/C27H17Cl2NO5/c1-13-6-7-14(12-19(13)29)22-20-21(26(34)30(25(20)33)16-10-8-15(28)9-11-16)27(35-22)23(31)17-4-2-3-5-18(17)24(27)32/h2-12,20-22H,1H3. The molecule has 6 rings (SSSR count). The fraction of sp³-hybridized carbons (Fsp3) is 0.185. The number of anilines is 1. The number of nitrogens with zero attached hydrogens (tertiary/aromatic N) is 1. The third-order valence-corrected chi connectivity index (χ3v) is 7.79. The molecule has 1 spiro atoms. The topological polar surface area (TPSA) is 80.8 Å². The summed E-state index contributed by atoms with van der Waals surface area (Å²) < 4.78 is 6.26. The molecule has 3 aliphatic rings. The maximum Gasteiger partial charge on any atom is 0.241 e. The van der Waals surface area contributed by atoms with Gasteiger partial charge in [0.25, 0.3) is 0 Å². The Labute approximate surface area is 210 Å². The molecule has 0 saturated carbocycles. The molecule has 0 aromatic heterocycles. The molecule has 2 fully saturated rings. The number of hydrogen-bond donors (Lipinski definition) is 0. The number of carbonyl (C=O) groups is 4. The van der Waals surface area contributed by atoms with E-state index in [4.69, 9.17) is 27.9 Å². The van der Waals surface area contributed by atoms with Gasteiger partial charge in [0.15, 0.2) is 0 Å². The molecule has 2 amide bonds. The molecule has 2 heterocycles. The molecule has 35 heavy (non-hydrogen) atoms. The lowest BCUT2D eigenvalue weighted by atomic mass is 9.77. The van der Waals surface area contributed by atoms with Gasteiger partial charge in [-0.25, -0.2) is 4.90 Å². The van der Waals surface area contributed by atoms with Crippen molar-refractivity contribution in [2.45, 2.75) is 18.6 Å². The number of benzene rings is 3. The van der Waals surface area contributed by atoms with Gasteiger partial charge in [-0.15, -0.1) is 0 Å². The summed E-state index contributed by atoms with van der Waals surface area (Å²) in [6.07, 6.45) is -1.02. The van der Waals surface area contributed by atoms with E-state index in [-0.39, 0.29) is 11.1 Å². The van der Waals surface area contributed by atoms with E-state index in [9.17, 15) is 19.2 Å². The zero-order valence-electron chi connectivity index (χ0n) is 18.3. The van der Waals surface area contributed by atoms with E-state index in [2.05, 4.69) is 0 Å². The van der Waals surface area contributed by atoms with Crippen LogP contribution in [0.25, 0.3) is 0 Å². The fourth-order valence-electron chi connectivity index (χ4n) is 5.45. The van der Waals surface area contributed by atoms with E-state index in [1.807, 2.05) is 6.92 Å². The summed E-state index contributed by atoms with van der Waals surface area (Å²) >= 11 is 12.4. The van der Waals surface area contributed by atoms with Gasteiger partial charge in [-0.2, -0.15) is 0 Å². The second-order valence-electron chi connectivity index (χ2n) is 8.98. The number of hydrogen-bond acceptors (Lipinski definition) is 5. The Balaban J connectivity index is 1.55. The zero-order valence-corrected chi connectivity index (χ0v) is 19.8. The predicted octanol–water partition coefficient (Wildman–Crippen LogP) is 5.00. The van der Waals surface area contributed by atoms with Crippen LogP contribution >= 0.6 is 23.2 Å². The smallest absolute Gasteiger partial charge is 0.241 e. The van der Waals surface area contributed by atoms with Crippen LogP contribution in [0.1, 0.15) is 37.9 Å². The molecule has 8 heteroatoms. The molecule has 174 valence electrons. The number of carbonyl (C=O) groups excluding carboxylic acids is 4. The monoisotopic (exact) mass is 505 g/mol. The van der Waals surface area contributed by atoms with Crippen LogP contribution in [0.3, 0.4) is 0 Å². The quantitative estimate of drug-likeness (QED) is 0.361. The van der Waals surface area contributed by atoms with Gasteiger partial charge in [0.1, 0.15) is 0 Å². The summed E-state index contributed by atoms with van der Waals surface area (Å²) in [6.45, 7) is 1.83. The average Bonchev–Trinajstić information content (AvgIpc) is 3.42. The van der Waals surface area contributed by atoms with Gasteiger partial charge in [0, 0.05) is 21.2 Å². The Morgan fingerprint density at radius 1 is 0.829 bits per heavy atom. The van der Waals surface area contributed by atoms with Crippen molar-refractivity contribution in [3.63, 3.8) is 0 Å². The first-order chi connectivity index (χ1) is 16.8. The molecule has 2 aliphatic heterocycles. The van der Waals surface area contributed by atoms with E-state index in [0.29, 0.717) is 21.3 Å². The molecule has 3 atom stereocenters. The van der Waals surface area contributed by atoms with Gasteiger partial charge in [-0.1, -0.05) is 59.6 Å². The number of imide groups is 1. The lowest BCUT2D eigenvalue weighted by Gasteiger charge is -2.27. The minimum atomic E-state index is -2.12. The molecule has 3 aromatic rings. The second-order valence-corrected chi connectivity index (χ2v) is 9.82. The Bertz CT molecular complexity index is 1430. The number of amides is 2. The molecule has 3 unspecified atom stereocenters. The van der Waals surface area contributed by atoms with Crippen molar-refractivity contribution in [3.05, 3.63) is 99.0 Å². The maximum absolute atomic E-state index is 13.8. The van der Waals surface area contributed by atoms with Crippen molar-refractivity contribution < 1.29 is 23.9 Å². The number of fused-ring (bicyclic) bond motifs is 3. The van der Waals surface area contributed by atoms with Crippen LogP contribution in [0.2, 0.25) is 10.0 Å². The highest BCUT2D eigenvalue weighted by Gasteiger charge is 2.74. The number of ether oxygens (including phenoxy) is 1. The normalized spacial score (nSPS) is 24.4. The van der Waals surface area contributed by atoms with Gasteiger partial charge in [0.05, 0.1) is 23.6 Å². The third-order valence-electron chi connectivity index (χ3n) is 7.13. The summed E-state index contributed by atoms with van der Waals surface area (Å²) in [5.74, 6) is -4.81. The van der Waals surface area contributed by atoms with E-state index >= 15 is 0 Å². The molecule has 1 aliphatic carbocycles. The van der Waals surface area contributed by atoms with Crippen LogP contribution in [0, 0.1) is 18.8 Å². The number of ketones is 2. The highest BCUT2D eigenvalue weighted by Crippen LogP contribution is 2.57. The first-order valence-electron chi connectivity index (χ1n) is 11.0. The zero-order chi connectivity index (χ0) is 24.6. The molecule has 2 saturated heterocycles. The Hall–Kier alpha value is -3.32. The minimum Gasteiger partial charge on any atom is -0.349 e. The van der Waals surface area contributed by atoms with E-state index in [1.54, 1.807) is 54.6 Å². The molecule has 0 N–H and O–H groups in total. The summed E-state index contributed by atoms with van der Waals surface area (Å²) in [6, 6.07) is 17.8. The maximum atomic E-state index is 13.8. The van der Waals surface area contributed by atoms with Gasteiger partial charge in [0.2, 0.25) is 29.0 Å². The van der Waals surface area contributed by atoms with Crippen molar-refractivity contribution in [1.29, 1.82) is 0 Å². The van der Waals surface area contributed by atoms with Crippen molar-refractivity contribution in [1.82, 2.24) is 0 Å². The molecular weight excluding hydrogens is 489 g/mol. The molecule has 3 aromatic carbocycles. The third kappa shape index (κ3) is 2.88. The van der Waals surface area contributed by atoms with E-state index < -0.39 is 46.9 Å². The predicted molar refractivity (Wildman–Crippen MR) is 129 cm³/mol. The highest BCUT2D eigenvalue weighted by molar-refractivity contribution is 6.37. The van der Waals surface area contributed by atoms with E-state index in [0.717, 1.165) is 10.5 Å². The SMILES string of the molecule is Cc1ccc(C2OC3(C(=O)c4ccccc4C3=O)C3C(=O)N(c4ccc(Cl)cc4)C(=O)C23)cc1Cl. The van der Waals surface area contributed by atoms with Crippen LogP contribution in [0.15, 0.2) is 66.7 Å². The Morgan fingerprint density at radius 2 is 1.46 bits per heavy atom. The number of rotatable bonds is 2. The summed E-state index contributed by atoms with van der Waals surface area (Å²) in [4.78, 5) is 56.1. The van der Waals surface area contributed by atoms with Crippen LogP contribution in [-0.2, 0) is 14.3 Å². The lowest BCUT2D eigenvalue weighted by Crippen LogP contribution is -2.51. The van der Waals surface area contributed by atoms with Crippen LogP contribution in [0.5, 0.6) is 0 Å². The Kier molecular flexibility index (Phi) is 4.81. The lowest BCUT2D eigenvalue weighted by molar-refractivity contribution is -0.127. The van der Waals surface area contributed by atoms with Gasteiger partial charge >= 0.3 is 0 Å². The largest absolute Gasteiger partial charge is 0.349 e. The van der Waals surface area contributed by atoms with Crippen molar-refractivity contribution in [2.24, 2.45) is 11.8 Å². The second kappa shape index (κ2) is 7.59. The van der Waals surface area contributed by atoms with Gasteiger partial charge < -0.3 is 4.74 Å². The van der Waals surface area contributed by atoms with E-state index in [1.165, 1.54) is 12.1 Å². The molecule has 0 radical (unpaired) electrons. The van der Waals surface area contributed by atoms with Gasteiger partial charge in [-0.3, -0.25) is 19.2 Å². The van der Waals surface area contributed by atoms with Crippen LogP contribution in [0.4, 0.5) is 5.69 Å². The minimum absolute atomic E-state index is 0.184. The fourth-order valence-corrected chi connectivity index (χ4v) is 5.76. The van der Waals surface area contributed by atoms with Crippen LogP contribution < -0.4 is 4.90 Å². The first-order valence-corrected chi connectivity index (χ1v) is 11.8. The molecule has 6 nitrogen and oxygen atoms in total. The Morgan fingerprint density at radius 3 is 2.06 bits per heavy atom. The molecule has 0 bridgehead atoms. The number of halogens is 2. The van der Waals surface area contributed by atoms with Crippen LogP contribution in [-0.4, -0.2) is 29.0 Å². The average molecular weight is 506 g/mol. The van der Waals surface area contributed by atoms with Gasteiger partial charge in [-0.05, 0) is 48.4 Å². The summed E-state index contributed by atoms with van der Waals surface area (Å²) in [5, 5.41) is 0.888. The highest BCUT2D eigenvalue weighted by atomic mass is 35.5. The van der Waals surface area contributed by atoms with Crippen molar-refractivity contribution in [3.8, 4) is 0 Å². The molecular formula is C27H17Cl2NO5. The van der Waals surface area contributed by atoms with Crippen molar-refractivity contribution in [2.75, 3.05) is 4.90 Å². The first kappa shape index (κ1) is 22.2. The summed E-state index contributed by atoms with van der Waals surface area (Å²) in [5.41, 5.74) is -0.109. The number of aryl methyl sites for hydroxylation is 1.